The summed E-state index contributed by atoms with van der Waals surface area (Å²) in [5.74, 6) is 1.51. The van der Waals surface area contributed by atoms with E-state index in [0.29, 0.717) is 29.0 Å². The lowest BCUT2D eigenvalue weighted by molar-refractivity contribution is -0.132. The lowest BCUT2D eigenvalue weighted by Gasteiger charge is -2.20. The van der Waals surface area contributed by atoms with Crippen LogP contribution < -0.4 is 5.32 Å². The molecule has 2 saturated carbocycles. The van der Waals surface area contributed by atoms with Crippen molar-refractivity contribution < 1.29 is 9.59 Å². The second-order valence-electron chi connectivity index (χ2n) is 8.62. The van der Waals surface area contributed by atoms with Gasteiger partial charge in [0.25, 0.3) is 5.91 Å². The number of benzene rings is 1. The summed E-state index contributed by atoms with van der Waals surface area (Å²) in [4.78, 5) is 27.5. The van der Waals surface area contributed by atoms with Gasteiger partial charge in [0.15, 0.2) is 0 Å². The molecule has 2 aliphatic carbocycles. The number of rotatable bonds is 5. The molecule has 2 heterocycles. The van der Waals surface area contributed by atoms with E-state index in [2.05, 4.69) is 27.6 Å². The van der Waals surface area contributed by atoms with Crippen LogP contribution in [0.3, 0.4) is 0 Å². The first-order valence-corrected chi connectivity index (χ1v) is 10.5. The maximum Gasteiger partial charge on any atom is 0.253 e. The van der Waals surface area contributed by atoms with Crippen LogP contribution in [0.5, 0.6) is 0 Å². The maximum atomic E-state index is 12.8. The Hall–Kier alpha value is -2.76. The first kappa shape index (κ1) is 18.3. The first-order valence-electron chi connectivity index (χ1n) is 10.5. The van der Waals surface area contributed by atoms with Crippen LogP contribution in [0.25, 0.3) is 0 Å². The molecule has 1 unspecified atom stereocenters. The SMILES string of the molecule is CCc1cc(C(=O)NC2[C@H]3CN(C(=O)[C@H]4C[C@@H]4c4ccccc4)C[C@@H]23)c(C)nn1. The number of nitrogens with zero attached hydrogens (tertiary/aromatic N) is 3. The smallest absolute Gasteiger partial charge is 0.253 e. The number of piperidine rings is 1. The van der Waals surface area contributed by atoms with E-state index in [1.54, 1.807) is 0 Å². The maximum absolute atomic E-state index is 12.8. The number of hydrogen-bond acceptors (Lipinski definition) is 4. The predicted octanol–water partition coefficient (Wildman–Crippen LogP) is 2.34. The Morgan fingerprint density at radius 1 is 1.14 bits per heavy atom. The Kier molecular flexibility index (Phi) is 4.37. The molecule has 0 radical (unpaired) electrons. The van der Waals surface area contributed by atoms with Gasteiger partial charge >= 0.3 is 0 Å². The number of nitrogens with one attached hydrogen (secondary N) is 1. The van der Waals surface area contributed by atoms with Gasteiger partial charge in [0, 0.05) is 36.9 Å². The van der Waals surface area contributed by atoms with Crippen molar-refractivity contribution in [1.82, 2.24) is 20.4 Å². The van der Waals surface area contributed by atoms with Crippen molar-refractivity contribution in [2.75, 3.05) is 13.1 Å². The molecular weight excluding hydrogens is 364 g/mol. The van der Waals surface area contributed by atoms with E-state index in [9.17, 15) is 9.59 Å². The minimum atomic E-state index is -0.0734. The summed E-state index contributed by atoms with van der Waals surface area (Å²) in [7, 11) is 0. The van der Waals surface area contributed by atoms with Crippen LogP contribution in [-0.2, 0) is 11.2 Å². The molecule has 3 fully saturated rings. The number of carbonyl (C=O) groups is 2. The van der Waals surface area contributed by atoms with Gasteiger partial charge in [-0.3, -0.25) is 9.59 Å². The van der Waals surface area contributed by atoms with E-state index in [0.717, 1.165) is 31.6 Å². The van der Waals surface area contributed by atoms with Gasteiger partial charge in [-0.15, -0.1) is 0 Å². The molecule has 1 aliphatic heterocycles. The van der Waals surface area contributed by atoms with E-state index in [1.807, 2.05) is 43.0 Å². The average Bonchev–Trinajstić information content (AvgIpc) is 3.62. The highest BCUT2D eigenvalue weighted by atomic mass is 16.2. The van der Waals surface area contributed by atoms with Gasteiger partial charge in [0.1, 0.15) is 0 Å². The normalized spacial score (nSPS) is 29.3. The van der Waals surface area contributed by atoms with Gasteiger partial charge in [0.05, 0.1) is 17.0 Å². The van der Waals surface area contributed by atoms with Gasteiger partial charge in [-0.2, -0.15) is 10.2 Å². The molecule has 0 spiro atoms. The fourth-order valence-electron chi connectivity index (χ4n) is 4.82. The fraction of sp³-hybridized carbons (Fsp3) is 0.478. The summed E-state index contributed by atoms with van der Waals surface area (Å²) in [6.07, 6.45) is 1.72. The zero-order valence-electron chi connectivity index (χ0n) is 16.8. The molecule has 1 aromatic heterocycles. The van der Waals surface area contributed by atoms with Crippen molar-refractivity contribution in [2.45, 2.75) is 38.6 Å². The van der Waals surface area contributed by atoms with Gasteiger partial charge < -0.3 is 10.2 Å². The number of hydrogen-bond donors (Lipinski definition) is 1. The van der Waals surface area contributed by atoms with E-state index in [4.69, 9.17) is 0 Å². The molecule has 29 heavy (non-hydrogen) atoms. The number of carbonyl (C=O) groups excluding carboxylic acids is 2. The molecule has 3 aliphatic rings. The van der Waals surface area contributed by atoms with E-state index in [-0.39, 0.29) is 23.8 Å². The van der Waals surface area contributed by atoms with E-state index in [1.165, 1.54) is 5.56 Å². The zero-order chi connectivity index (χ0) is 20.1. The second-order valence-corrected chi connectivity index (χ2v) is 8.62. The molecule has 1 saturated heterocycles. The molecule has 1 N–H and O–H groups in total. The summed E-state index contributed by atoms with van der Waals surface area (Å²) < 4.78 is 0. The molecule has 1 aromatic carbocycles. The number of likely N-dealkylation sites (tertiary alicyclic amines) is 1. The third-order valence-corrected chi connectivity index (χ3v) is 6.77. The van der Waals surface area contributed by atoms with Crippen molar-refractivity contribution in [2.24, 2.45) is 17.8 Å². The van der Waals surface area contributed by atoms with E-state index < -0.39 is 0 Å². The minimum Gasteiger partial charge on any atom is -0.349 e. The Morgan fingerprint density at radius 2 is 1.86 bits per heavy atom. The second kappa shape index (κ2) is 6.94. The predicted molar refractivity (Wildman–Crippen MR) is 108 cm³/mol. The number of amides is 2. The van der Waals surface area contributed by atoms with Crippen molar-refractivity contribution in [3.63, 3.8) is 0 Å². The van der Waals surface area contributed by atoms with Crippen LogP contribution in [0, 0.1) is 24.7 Å². The summed E-state index contributed by atoms with van der Waals surface area (Å²) in [6, 6.07) is 12.3. The lowest BCUT2D eigenvalue weighted by atomic mass is 10.1. The summed E-state index contributed by atoms with van der Waals surface area (Å²) in [5, 5.41) is 11.4. The van der Waals surface area contributed by atoms with Crippen LogP contribution >= 0.6 is 0 Å². The van der Waals surface area contributed by atoms with Crippen LogP contribution in [0.4, 0.5) is 0 Å². The van der Waals surface area contributed by atoms with Crippen LogP contribution in [-0.4, -0.2) is 46.0 Å². The highest BCUT2D eigenvalue weighted by molar-refractivity contribution is 5.95. The largest absolute Gasteiger partial charge is 0.349 e. The Balaban J connectivity index is 1.15. The summed E-state index contributed by atoms with van der Waals surface area (Å²) in [5.41, 5.74) is 3.36. The van der Waals surface area contributed by atoms with Crippen LogP contribution in [0.1, 0.15) is 46.6 Å². The third-order valence-electron chi connectivity index (χ3n) is 6.77. The fourth-order valence-corrected chi connectivity index (χ4v) is 4.82. The van der Waals surface area contributed by atoms with Gasteiger partial charge in [-0.1, -0.05) is 37.3 Å². The number of fused-ring (bicyclic) bond motifs is 1. The zero-order valence-corrected chi connectivity index (χ0v) is 16.8. The van der Waals surface area contributed by atoms with Gasteiger partial charge in [-0.25, -0.2) is 0 Å². The number of aromatic nitrogens is 2. The Morgan fingerprint density at radius 3 is 2.55 bits per heavy atom. The van der Waals surface area contributed by atoms with Crippen molar-refractivity contribution in [3.05, 3.63) is 58.9 Å². The van der Waals surface area contributed by atoms with Crippen LogP contribution in [0.15, 0.2) is 36.4 Å². The van der Waals surface area contributed by atoms with Crippen molar-refractivity contribution >= 4 is 11.8 Å². The van der Waals surface area contributed by atoms with Gasteiger partial charge in [-0.05, 0) is 37.3 Å². The molecule has 2 amide bonds. The van der Waals surface area contributed by atoms with Crippen molar-refractivity contribution in [3.8, 4) is 0 Å². The van der Waals surface area contributed by atoms with Gasteiger partial charge in [0.2, 0.25) is 5.91 Å². The highest BCUT2D eigenvalue weighted by Crippen LogP contribution is 2.51. The molecule has 5 atom stereocenters. The minimum absolute atomic E-state index is 0.0734. The van der Waals surface area contributed by atoms with E-state index >= 15 is 0 Å². The summed E-state index contributed by atoms with van der Waals surface area (Å²) in [6.45, 7) is 5.34. The topological polar surface area (TPSA) is 75.2 Å². The Labute approximate surface area is 170 Å². The van der Waals surface area contributed by atoms with Crippen molar-refractivity contribution in [1.29, 1.82) is 0 Å². The highest BCUT2D eigenvalue weighted by Gasteiger charge is 2.59. The monoisotopic (exact) mass is 390 g/mol. The molecule has 150 valence electrons. The standard InChI is InChI=1S/C23H26N4O2/c1-3-15-9-16(13(2)25-26-15)22(28)24-21-19-11-27(12-20(19)21)23(29)18-10-17(18)14-7-5-4-6-8-14/h4-9,17-21H,3,10-12H2,1-2H3,(H,24,28)/t17-,18+,19-,20+,21?/m1/s1. The molecule has 2 aromatic rings. The third kappa shape index (κ3) is 3.30. The molecule has 0 bridgehead atoms. The first-order chi connectivity index (χ1) is 14.1. The molecule has 6 nitrogen and oxygen atoms in total. The quantitative estimate of drug-likeness (QED) is 0.850. The van der Waals surface area contributed by atoms with Crippen LogP contribution in [0.2, 0.25) is 0 Å². The molecule has 6 heteroatoms. The number of aryl methyl sites for hydroxylation is 2. The Bertz CT molecular complexity index is 949. The molecular formula is C23H26N4O2. The molecule has 5 rings (SSSR count). The average molecular weight is 390 g/mol. The summed E-state index contributed by atoms with van der Waals surface area (Å²) >= 11 is 0. The lowest BCUT2D eigenvalue weighted by Crippen LogP contribution is -2.38.